The highest BCUT2D eigenvalue weighted by Gasteiger charge is 2.13. The summed E-state index contributed by atoms with van der Waals surface area (Å²) in [7, 11) is 4.29. The minimum absolute atomic E-state index is 0.524. The molecule has 21 heavy (non-hydrogen) atoms. The third kappa shape index (κ3) is 7.48. The van der Waals surface area contributed by atoms with Crippen molar-refractivity contribution in [1.29, 1.82) is 0 Å². The molecule has 2 N–H and O–H groups in total. The Morgan fingerprint density at radius 1 is 1.33 bits per heavy atom. The largest absolute Gasteiger partial charge is 0.357 e. The van der Waals surface area contributed by atoms with Crippen LogP contribution in [0, 0.1) is 5.92 Å². The van der Waals surface area contributed by atoms with E-state index in [2.05, 4.69) is 72.9 Å². The van der Waals surface area contributed by atoms with Gasteiger partial charge in [-0.1, -0.05) is 19.9 Å². The number of likely N-dealkylation sites (N-methyl/N-ethyl adjacent to an activating group) is 1. The minimum atomic E-state index is 0.524. The lowest BCUT2D eigenvalue weighted by atomic mass is 10.0. The van der Waals surface area contributed by atoms with E-state index in [9.17, 15) is 0 Å². The molecule has 0 aromatic carbocycles. The van der Waals surface area contributed by atoms with E-state index >= 15 is 0 Å². The van der Waals surface area contributed by atoms with Gasteiger partial charge in [-0.2, -0.15) is 0 Å². The van der Waals surface area contributed by atoms with Gasteiger partial charge in [0.1, 0.15) is 0 Å². The lowest BCUT2D eigenvalue weighted by Crippen LogP contribution is -2.45. The average Bonchev–Trinajstić information content (AvgIpc) is 2.92. The number of aliphatic imine (C=N–C) groups is 1. The van der Waals surface area contributed by atoms with E-state index in [1.807, 2.05) is 0 Å². The number of nitrogens with zero attached hydrogens (tertiary/aromatic N) is 2. The first kappa shape index (κ1) is 18.0. The fraction of sp³-hybridized carbons (Fsp3) is 0.688. The summed E-state index contributed by atoms with van der Waals surface area (Å²) in [6, 6.07) is 4.72. The fourth-order valence-electron chi connectivity index (χ4n) is 2.14. The van der Waals surface area contributed by atoms with E-state index in [4.69, 9.17) is 0 Å². The average molecular weight is 311 g/mol. The lowest BCUT2D eigenvalue weighted by molar-refractivity contribution is 0.254. The Kier molecular flexibility index (Phi) is 8.38. The molecule has 1 aromatic rings. The van der Waals surface area contributed by atoms with Gasteiger partial charge in [-0.3, -0.25) is 0 Å². The van der Waals surface area contributed by atoms with Gasteiger partial charge in [-0.15, -0.1) is 11.3 Å². The molecular formula is C16H30N4S. The maximum absolute atomic E-state index is 4.65. The molecule has 0 aliphatic heterocycles. The first-order chi connectivity index (χ1) is 10.0. The van der Waals surface area contributed by atoms with Crippen molar-refractivity contribution in [2.75, 3.05) is 27.2 Å². The molecule has 0 radical (unpaired) electrons. The van der Waals surface area contributed by atoms with Crippen LogP contribution >= 0.6 is 11.3 Å². The molecule has 0 spiro atoms. The number of guanidine groups is 1. The molecule has 1 aromatic heterocycles. The predicted molar refractivity (Wildman–Crippen MR) is 94.1 cm³/mol. The SMILES string of the molecule is CCNC(=NCc1cccs1)NCC(CC(C)C)N(C)C. The van der Waals surface area contributed by atoms with Crippen molar-refractivity contribution in [3.63, 3.8) is 0 Å². The Balaban J connectivity index is 2.54. The van der Waals surface area contributed by atoms with Crippen molar-refractivity contribution >= 4 is 17.3 Å². The van der Waals surface area contributed by atoms with Gasteiger partial charge in [0, 0.05) is 24.0 Å². The quantitative estimate of drug-likeness (QED) is 0.573. The van der Waals surface area contributed by atoms with Gasteiger partial charge in [-0.25, -0.2) is 4.99 Å². The Labute approximate surface area is 133 Å². The summed E-state index contributed by atoms with van der Waals surface area (Å²) in [6.07, 6.45) is 1.18. The number of nitrogens with one attached hydrogen (secondary N) is 2. The standard InChI is InChI=1S/C16H30N4S/c1-6-17-16(19-12-15-8-7-9-21-15)18-11-14(20(4)5)10-13(2)3/h7-9,13-14H,6,10-12H2,1-5H3,(H2,17,18,19). The number of hydrogen-bond donors (Lipinski definition) is 2. The molecule has 0 bridgehead atoms. The summed E-state index contributed by atoms with van der Waals surface area (Å²) in [5.74, 6) is 1.60. The summed E-state index contributed by atoms with van der Waals surface area (Å²) < 4.78 is 0. The maximum Gasteiger partial charge on any atom is 0.191 e. The van der Waals surface area contributed by atoms with E-state index in [0.717, 1.165) is 25.6 Å². The zero-order valence-electron chi connectivity index (χ0n) is 14.0. The molecule has 1 atom stereocenters. The summed E-state index contributed by atoms with van der Waals surface area (Å²) in [4.78, 5) is 8.23. The van der Waals surface area contributed by atoms with Crippen molar-refractivity contribution < 1.29 is 0 Å². The maximum atomic E-state index is 4.65. The molecular weight excluding hydrogens is 280 g/mol. The van der Waals surface area contributed by atoms with Crippen LogP contribution in [0.25, 0.3) is 0 Å². The van der Waals surface area contributed by atoms with Gasteiger partial charge in [0.05, 0.1) is 6.54 Å². The normalized spacial score (nSPS) is 13.8. The van der Waals surface area contributed by atoms with E-state index < -0.39 is 0 Å². The van der Waals surface area contributed by atoms with Gasteiger partial charge in [-0.05, 0) is 44.8 Å². The number of hydrogen-bond acceptors (Lipinski definition) is 3. The van der Waals surface area contributed by atoms with Crippen LogP contribution in [0.2, 0.25) is 0 Å². The van der Waals surface area contributed by atoms with Crippen LogP contribution in [0.1, 0.15) is 32.1 Å². The molecule has 0 saturated heterocycles. The van der Waals surface area contributed by atoms with Crippen molar-refractivity contribution in [2.24, 2.45) is 10.9 Å². The third-order valence-corrected chi connectivity index (χ3v) is 4.16. The summed E-state index contributed by atoms with van der Waals surface area (Å²) >= 11 is 1.75. The molecule has 0 aliphatic rings. The molecule has 0 aliphatic carbocycles. The van der Waals surface area contributed by atoms with Crippen LogP contribution in [0.5, 0.6) is 0 Å². The second-order valence-electron chi connectivity index (χ2n) is 5.90. The fourth-order valence-corrected chi connectivity index (χ4v) is 2.76. The van der Waals surface area contributed by atoms with E-state index in [1.54, 1.807) is 11.3 Å². The van der Waals surface area contributed by atoms with Crippen molar-refractivity contribution in [3.8, 4) is 0 Å². The van der Waals surface area contributed by atoms with E-state index in [0.29, 0.717) is 12.0 Å². The van der Waals surface area contributed by atoms with Gasteiger partial charge < -0.3 is 15.5 Å². The van der Waals surface area contributed by atoms with Crippen LogP contribution in [0.3, 0.4) is 0 Å². The molecule has 5 heteroatoms. The second kappa shape index (κ2) is 9.79. The molecule has 1 rings (SSSR count). The first-order valence-corrected chi connectivity index (χ1v) is 8.61. The van der Waals surface area contributed by atoms with Crippen LogP contribution in [-0.4, -0.2) is 44.1 Å². The molecule has 0 fully saturated rings. The van der Waals surface area contributed by atoms with Gasteiger partial charge in [0.2, 0.25) is 0 Å². The highest BCUT2D eigenvalue weighted by atomic mass is 32.1. The predicted octanol–water partition coefficient (Wildman–Crippen LogP) is 2.78. The first-order valence-electron chi connectivity index (χ1n) is 7.73. The Morgan fingerprint density at radius 2 is 2.10 bits per heavy atom. The lowest BCUT2D eigenvalue weighted by Gasteiger charge is -2.27. The van der Waals surface area contributed by atoms with Crippen LogP contribution in [-0.2, 0) is 6.54 Å². The zero-order valence-corrected chi connectivity index (χ0v) is 14.8. The molecule has 4 nitrogen and oxygen atoms in total. The van der Waals surface area contributed by atoms with Crippen LogP contribution < -0.4 is 10.6 Å². The summed E-state index contributed by atoms with van der Waals surface area (Å²) in [5, 5.41) is 8.88. The zero-order chi connectivity index (χ0) is 15.7. The summed E-state index contributed by atoms with van der Waals surface area (Å²) in [5.41, 5.74) is 0. The monoisotopic (exact) mass is 310 g/mol. The van der Waals surface area contributed by atoms with Crippen LogP contribution in [0.4, 0.5) is 0 Å². The molecule has 0 amide bonds. The van der Waals surface area contributed by atoms with Crippen molar-refractivity contribution in [2.45, 2.75) is 39.8 Å². The molecule has 120 valence electrons. The Hall–Kier alpha value is -1.07. The van der Waals surface area contributed by atoms with Crippen LogP contribution in [0.15, 0.2) is 22.5 Å². The number of rotatable bonds is 8. The molecule has 0 saturated carbocycles. The van der Waals surface area contributed by atoms with Gasteiger partial charge >= 0.3 is 0 Å². The number of thiophene rings is 1. The minimum Gasteiger partial charge on any atom is -0.357 e. The van der Waals surface area contributed by atoms with Gasteiger partial charge in [0.25, 0.3) is 0 Å². The van der Waals surface area contributed by atoms with Gasteiger partial charge in [0.15, 0.2) is 5.96 Å². The highest BCUT2D eigenvalue weighted by Crippen LogP contribution is 2.10. The highest BCUT2D eigenvalue weighted by molar-refractivity contribution is 7.09. The summed E-state index contributed by atoms with van der Waals surface area (Å²) in [6.45, 7) is 9.18. The second-order valence-corrected chi connectivity index (χ2v) is 6.93. The van der Waals surface area contributed by atoms with E-state index in [1.165, 1.54) is 11.3 Å². The Morgan fingerprint density at radius 3 is 2.62 bits per heavy atom. The van der Waals surface area contributed by atoms with E-state index in [-0.39, 0.29) is 0 Å². The third-order valence-electron chi connectivity index (χ3n) is 3.30. The topological polar surface area (TPSA) is 39.7 Å². The Bertz CT molecular complexity index is 398. The molecule has 1 heterocycles. The molecule has 1 unspecified atom stereocenters. The van der Waals surface area contributed by atoms with Crippen molar-refractivity contribution in [1.82, 2.24) is 15.5 Å². The van der Waals surface area contributed by atoms with Crippen molar-refractivity contribution in [3.05, 3.63) is 22.4 Å². The smallest absolute Gasteiger partial charge is 0.191 e.